The van der Waals surface area contributed by atoms with Gasteiger partial charge in [-0.3, -0.25) is 9.59 Å². The lowest BCUT2D eigenvalue weighted by Crippen LogP contribution is -2.34. The highest BCUT2D eigenvalue weighted by Crippen LogP contribution is 2.45. The Hall–Kier alpha value is -4.20. The van der Waals surface area contributed by atoms with Gasteiger partial charge in [-0.25, -0.2) is 0 Å². The lowest BCUT2D eigenvalue weighted by Gasteiger charge is -2.25. The minimum Gasteiger partial charge on any atom is -0.507 e. The predicted octanol–water partition coefficient (Wildman–Crippen LogP) is 4.87. The molecular formula is C30H32N2O6. The molecule has 2 saturated heterocycles. The second-order valence-corrected chi connectivity index (χ2v) is 10.0. The number of benzene rings is 3. The molecule has 0 radical (unpaired) electrons. The minimum atomic E-state index is -0.210. The molecule has 3 aromatic carbocycles. The van der Waals surface area contributed by atoms with Gasteiger partial charge in [-0.05, 0) is 74.9 Å². The maximum Gasteiger partial charge on any atom is 0.246 e. The van der Waals surface area contributed by atoms with Gasteiger partial charge in [-0.1, -0.05) is 0 Å². The van der Waals surface area contributed by atoms with E-state index >= 15 is 0 Å². The molecule has 2 aliphatic rings. The predicted molar refractivity (Wildman–Crippen MR) is 147 cm³/mol. The molecule has 3 aromatic rings. The Morgan fingerprint density at radius 3 is 1.26 bits per heavy atom. The number of piperidine rings is 2. The quantitative estimate of drug-likeness (QED) is 0.223. The largest absolute Gasteiger partial charge is 0.507 e. The number of fused-ring (bicyclic) bond motifs is 2. The van der Waals surface area contributed by atoms with Gasteiger partial charge in [0.25, 0.3) is 0 Å². The summed E-state index contributed by atoms with van der Waals surface area (Å²) in [5.74, 6) is -0.954. The van der Waals surface area contributed by atoms with E-state index in [0.29, 0.717) is 37.3 Å². The average molecular weight is 517 g/mol. The van der Waals surface area contributed by atoms with Gasteiger partial charge in [-0.2, -0.15) is 0 Å². The maximum absolute atomic E-state index is 12.5. The van der Waals surface area contributed by atoms with Crippen molar-refractivity contribution in [3.63, 3.8) is 0 Å². The Labute approximate surface area is 220 Å². The van der Waals surface area contributed by atoms with E-state index in [1.807, 2.05) is 0 Å². The van der Waals surface area contributed by atoms with Crippen molar-refractivity contribution < 1.29 is 30.0 Å². The van der Waals surface area contributed by atoms with Crippen LogP contribution >= 0.6 is 0 Å². The Bertz CT molecular complexity index is 1360. The third kappa shape index (κ3) is 4.98. The van der Waals surface area contributed by atoms with Crippen LogP contribution < -0.4 is 0 Å². The van der Waals surface area contributed by atoms with Gasteiger partial charge in [0.15, 0.2) is 0 Å². The fraction of sp³-hybridized carbons (Fsp3) is 0.333. The number of phenols is 4. The molecule has 8 heteroatoms. The van der Waals surface area contributed by atoms with Crippen molar-refractivity contribution in [3.05, 3.63) is 47.5 Å². The molecule has 2 amide bonds. The fourth-order valence-corrected chi connectivity index (χ4v) is 5.31. The van der Waals surface area contributed by atoms with Crippen molar-refractivity contribution >= 4 is 45.5 Å². The molecule has 0 spiro atoms. The lowest BCUT2D eigenvalue weighted by molar-refractivity contribution is -0.127. The second kappa shape index (κ2) is 10.7. The monoisotopic (exact) mass is 516 g/mol. The van der Waals surface area contributed by atoms with Crippen LogP contribution in [0.1, 0.15) is 49.7 Å². The molecule has 5 rings (SSSR count). The zero-order chi connectivity index (χ0) is 26.8. The minimum absolute atomic E-state index is 0.138. The summed E-state index contributed by atoms with van der Waals surface area (Å²) >= 11 is 0. The summed E-state index contributed by atoms with van der Waals surface area (Å²) < 4.78 is 0. The topological polar surface area (TPSA) is 122 Å². The first kappa shape index (κ1) is 25.4. The summed E-state index contributed by atoms with van der Waals surface area (Å²) in [5.41, 5.74) is 0.644. The smallest absolute Gasteiger partial charge is 0.246 e. The van der Waals surface area contributed by atoms with Crippen LogP contribution in [-0.4, -0.2) is 68.2 Å². The number of nitrogens with zero attached hydrogens (tertiary/aromatic N) is 2. The summed E-state index contributed by atoms with van der Waals surface area (Å²) in [5, 5.41) is 44.2. The van der Waals surface area contributed by atoms with Crippen molar-refractivity contribution in [2.24, 2.45) is 0 Å². The number of carbonyl (C=O) groups is 2. The third-order valence-electron chi connectivity index (χ3n) is 7.50. The molecule has 8 nitrogen and oxygen atoms in total. The summed E-state index contributed by atoms with van der Waals surface area (Å²) in [4.78, 5) is 28.6. The molecule has 0 aromatic heterocycles. The summed E-state index contributed by atoms with van der Waals surface area (Å²) in [7, 11) is 0. The highest BCUT2D eigenvalue weighted by Gasteiger charge is 2.19. The van der Waals surface area contributed by atoms with Crippen LogP contribution in [0.4, 0.5) is 0 Å². The van der Waals surface area contributed by atoms with Crippen LogP contribution in [0.2, 0.25) is 0 Å². The van der Waals surface area contributed by atoms with Crippen molar-refractivity contribution in [2.75, 3.05) is 26.2 Å². The third-order valence-corrected chi connectivity index (χ3v) is 7.50. The van der Waals surface area contributed by atoms with E-state index in [2.05, 4.69) is 0 Å². The fourth-order valence-electron chi connectivity index (χ4n) is 5.31. The van der Waals surface area contributed by atoms with Crippen LogP contribution in [0.25, 0.3) is 33.7 Å². The van der Waals surface area contributed by atoms with Crippen molar-refractivity contribution in [3.8, 4) is 23.0 Å². The lowest BCUT2D eigenvalue weighted by atomic mass is 9.96. The van der Waals surface area contributed by atoms with Gasteiger partial charge in [0.2, 0.25) is 11.8 Å². The average Bonchev–Trinajstić information content (AvgIpc) is 2.94. The van der Waals surface area contributed by atoms with Crippen molar-refractivity contribution in [1.29, 1.82) is 0 Å². The molecule has 198 valence electrons. The van der Waals surface area contributed by atoms with E-state index in [1.54, 1.807) is 9.80 Å². The van der Waals surface area contributed by atoms with Crippen LogP contribution in [0, 0.1) is 0 Å². The molecular weight excluding hydrogens is 484 g/mol. The number of aromatic hydroxyl groups is 4. The van der Waals surface area contributed by atoms with E-state index in [9.17, 15) is 30.0 Å². The molecule has 2 aliphatic heterocycles. The number of hydrogen-bond acceptors (Lipinski definition) is 6. The standard InChI is InChI=1S/C30H32N2O6/c33-25-17-23-21(15-19(25)7-9-27(35)31-11-3-1-4-12-31)29(37)22-16-20(26(34)18-24(22)30(23)38)8-10-28(36)32-13-5-2-6-14-32/h7-10,15-18,33-34,37-38H,1-6,11-14H2/b9-7+,10-8+. The zero-order valence-electron chi connectivity index (χ0n) is 21.2. The first-order chi connectivity index (χ1) is 18.3. The van der Waals surface area contributed by atoms with Crippen molar-refractivity contribution in [1.82, 2.24) is 9.80 Å². The maximum atomic E-state index is 12.5. The number of amides is 2. The van der Waals surface area contributed by atoms with E-state index in [4.69, 9.17) is 0 Å². The van der Waals surface area contributed by atoms with E-state index in [0.717, 1.165) is 38.5 Å². The number of likely N-dealkylation sites (tertiary alicyclic amines) is 2. The second-order valence-electron chi connectivity index (χ2n) is 10.0. The van der Waals surface area contributed by atoms with Gasteiger partial charge in [0, 0.05) is 71.0 Å². The number of phenolic OH excluding ortho intramolecular Hbond substituents is 4. The number of carbonyl (C=O) groups excluding carboxylic acids is 2. The highest BCUT2D eigenvalue weighted by atomic mass is 16.3. The molecule has 0 aliphatic carbocycles. The van der Waals surface area contributed by atoms with Crippen molar-refractivity contribution in [2.45, 2.75) is 38.5 Å². The zero-order valence-corrected chi connectivity index (χ0v) is 21.2. The van der Waals surface area contributed by atoms with Gasteiger partial charge in [0.1, 0.15) is 23.0 Å². The summed E-state index contributed by atoms with van der Waals surface area (Å²) in [6, 6.07) is 5.69. The highest BCUT2D eigenvalue weighted by molar-refractivity contribution is 6.12. The normalized spacial score (nSPS) is 16.7. The molecule has 2 fully saturated rings. The Balaban J connectivity index is 1.50. The molecule has 0 saturated carbocycles. The van der Waals surface area contributed by atoms with Crippen LogP contribution in [0.5, 0.6) is 23.0 Å². The molecule has 0 atom stereocenters. The SMILES string of the molecule is O=C(/C=C/c1cc2c(O)c3cc(/C=C/C(=O)N4CCCCC4)c(O)cc3c(O)c2cc1O)N1CCCCC1. The Morgan fingerprint density at radius 1 is 0.553 bits per heavy atom. The van der Waals surface area contributed by atoms with Gasteiger partial charge >= 0.3 is 0 Å². The van der Waals surface area contributed by atoms with E-state index < -0.39 is 0 Å². The Morgan fingerprint density at radius 2 is 0.895 bits per heavy atom. The van der Waals surface area contributed by atoms with Gasteiger partial charge in [-0.15, -0.1) is 0 Å². The molecule has 38 heavy (non-hydrogen) atoms. The van der Waals surface area contributed by atoms with Crippen LogP contribution in [-0.2, 0) is 9.59 Å². The number of rotatable bonds is 4. The van der Waals surface area contributed by atoms with E-state index in [-0.39, 0.29) is 56.4 Å². The van der Waals surface area contributed by atoms with Gasteiger partial charge < -0.3 is 30.2 Å². The first-order valence-electron chi connectivity index (χ1n) is 13.1. The van der Waals surface area contributed by atoms with Crippen LogP contribution in [0.3, 0.4) is 0 Å². The number of hydrogen-bond donors (Lipinski definition) is 4. The summed E-state index contributed by atoms with van der Waals surface area (Å²) in [6.07, 6.45) is 11.9. The van der Waals surface area contributed by atoms with E-state index in [1.165, 1.54) is 48.6 Å². The molecule has 0 bridgehead atoms. The summed E-state index contributed by atoms with van der Waals surface area (Å²) in [6.45, 7) is 2.84. The molecule has 0 unspecified atom stereocenters. The first-order valence-corrected chi connectivity index (χ1v) is 13.1. The van der Waals surface area contributed by atoms with Crippen LogP contribution in [0.15, 0.2) is 36.4 Å². The molecule has 2 heterocycles. The molecule has 4 N–H and O–H groups in total. The van der Waals surface area contributed by atoms with Gasteiger partial charge in [0.05, 0.1) is 0 Å². The Kier molecular flexibility index (Phi) is 7.13.